The summed E-state index contributed by atoms with van der Waals surface area (Å²) in [4.78, 5) is 3.75. The molecular formula is C7H10N2O2. The minimum absolute atomic E-state index is 0.253. The number of aromatic nitrogens is 1. The SMILES string of the molecule is c1ncc(OC2CCNC2)o1. The summed E-state index contributed by atoms with van der Waals surface area (Å²) in [6.45, 7) is 1.93. The lowest BCUT2D eigenvalue weighted by Crippen LogP contribution is -2.19. The van der Waals surface area contributed by atoms with E-state index in [4.69, 9.17) is 9.15 Å². The second-order valence-corrected chi connectivity index (χ2v) is 2.55. The van der Waals surface area contributed by atoms with Gasteiger partial charge in [0.1, 0.15) is 12.3 Å². The molecule has 1 fully saturated rings. The predicted molar refractivity (Wildman–Crippen MR) is 38.4 cm³/mol. The van der Waals surface area contributed by atoms with Crippen molar-refractivity contribution in [3.8, 4) is 5.95 Å². The van der Waals surface area contributed by atoms with Gasteiger partial charge in [0.15, 0.2) is 6.39 Å². The first-order chi connectivity index (χ1) is 5.45. The Hall–Kier alpha value is -1.03. The summed E-state index contributed by atoms with van der Waals surface area (Å²) in [6, 6.07) is 0. The number of ether oxygens (including phenoxy) is 1. The molecule has 1 saturated heterocycles. The first kappa shape index (κ1) is 6.67. The first-order valence-corrected chi connectivity index (χ1v) is 3.71. The van der Waals surface area contributed by atoms with Crippen LogP contribution >= 0.6 is 0 Å². The monoisotopic (exact) mass is 154 g/mol. The highest BCUT2D eigenvalue weighted by Crippen LogP contribution is 2.12. The third-order valence-electron chi connectivity index (χ3n) is 1.71. The maximum Gasteiger partial charge on any atom is 0.305 e. The van der Waals surface area contributed by atoms with Gasteiger partial charge in [-0.2, -0.15) is 0 Å². The molecule has 60 valence electrons. The number of nitrogens with one attached hydrogen (secondary N) is 1. The maximum absolute atomic E-state index is 5.42. The average Bonchev–Trinajstić information content (AvgIpc) is 2.60. The van der Waals surface area contributed by atoms with Crippen LogP contribution in [0.5, 0.6) is 5.95 Å². The molecule has 2 heterocycles. The third-order valence-corrected chi connectivity index (χ3v) is 1.71. The molecule has 1 aliphatic rings. The van der Waals surface area contributed by atoms with Crippen molar-refractivity contribution in [3.63, 3.8) is 0 Å². The second-order valence-electron chi connectivity index (χ2n) is 2.55. The van der Waals surface area contributed by atoms with Crippen molar-refractivity contribution in [2.45, 2.75) is 12.5 Å². The fraction of sp³-hybridized carbons (Fsp3) is 0.571. The quantitative estimate of drug-likeness (QED) is 0.670. The van der Waals surface area contributed by atoms with E-state index in [1.807, 2.05) is 0 Å². The smallest absolute Gasteiger partial charge is 0.305 e. The van der Waals surface area contributed by atoms with Crippen molar-refractivity contribution in [2.24, 2.45) is 0 Å². The molecule has 0 bridgehead atoms. The van der Waals surface area contributed by atoms with Crippen LogP contribution in [0.15, 0.2) is 17.0 Å². The van der Waals surface area contributed by atoms with Gasteiger partial charge in [0.25, 0.3) is 0 Å². The molecule has 0 aromatic carbocycles. The fourth-order valence-electron chi connectivity index (χ4n) is 1.16. The van der Waals surface area contributed by atoms with E-state index < -0.39 is 0 Å². The topological polar surface area (TPSA) is 47.3 Å². The van der Waals surface area contributed by atoms with E-state index in [1.54, 1.807) is 6.20 Å². The van der Waals surface area contributed by atoms with Crippen molar-refractivity contribution in [1.29, 1.82) is 0 Å². The zero-order valence-electron chi connectivity index (χ0n) is 6.12. The Labute approximate surface area is 64.6 Å². The molecular weight excluding hydrogens is 144 g/mol. The molecule has 1 unspecified atom stereocenters. The highest BCUT2D eigenvalue weighted by molar-refractivity contribution is 4.96. The molecule has 2 rings (SSSR count). The van der Waals surface area contributed by atoms with Crippen LogP contribution < -0.4 is 10.1 Å². The van der Waals surface area contributed by atoms with Gasteiger partial charge in [-0.1, -0.05) is 0 Å². The van der Waals surface area contributed by atoms with Gasteiger partial charge < -0.3 is 14.5 Å². The number of oxazole rings is 1. The van der Waals surface area contributed by atoms with Crippen molar-refractivity contribution in [1.82, 2.24) is 10.3 Å². The molecule has 1 aromatic rings. The fourth-order valence-corrected chi connectivity index (χ4v) is 1.16. The van der Waals surface area contributed by atoms with Crippen molar-refractivity contribution in [2.75, 3.05) is 13.1 Å². The van der Waals surface area contributed by atoms with Gasteiger partial charge in [-0.25, -0.2) is 4.98 Å². The van der Waals surface area contributed by atoms with Gasteiger partial charge in [0, 0.05) is 6.54 Å². The van der Waals surface area contributed by atoms with Crippen LogP contribution in [-0.4, -0.2) is 24.2 Å². The molecule has 0 saturated carbocycles. The van der Waals surface area contributed by atoms with Gasteiger partial charge in [0.05, 0.1) is 0 Å². The first-order valence-electron chi connectivity index (χ1n) is 3.71. The molecule has 4 nitrogen and oxygen atoms in total. The van der Waals surface area contributed by atoms with Crippen molar-refractivity contribution >= 4 is 0 Å². The Morgan fingerprint density at radius 2 is 2.73 bits per heavy atom. The van der Waals surface area contributed by atoms with E-state index in [0.29, 0.717) is 5.95 Å². The summed E-state index contributed by atoms with van der Waals surface area (Å²) < 4.78 is 10.4. The second kappa shape index (κ2) is 2.92. The summed E-state index contributed by atoms with van der Waals surface area (Å²) >= 11 is 0. The Balaban J connectivity index is 1.90. The van der Waals surface area contributed by atoms with Gasteiger partial charge in [-0.3, -0.25) is 0 Å². The molecule has 0 spiro atoms. The Bertz CT molecular complexity index is 204. The van der Waals surface area contributed by atoms with E-state index >= 15 is 0 Å². The third kappa shape index (κ3) is 1.51. The van der Waals surface area contributed by atoms with E-state index in [-0.39, 0.29) is 6.10 Å². The van der Waals surface area contributed by atoms with Crippen LogP contribution in [0.25, 0.3) is 0 Å². The molecule has 0 radical (unpaired) electrons. The van der Waals surface area contributed by atoms with Crippen LogP contribution in [0.4, 0.5) is 0 Å². The van der Waals surface area contributed by atoms with E-state index in [2.05, 4.69) is 10.3 Å². The minimum Gasteiger partial charge on any atom is -0.459 e. The summed E-state index contributed by atoms with van der Waals surface area (Å²) in [5, 5.41) is 3.20. The van der Waals surface area contributed by atoms with Crippen LogP contribution in [0.2, 0.25) is 0 Å². The lowest BCUT2D eigenvalue weighted by atomic mass is 10.3. The standard InChI is InChI=1S/C7H10N2O2/c1-2-8-3-6(1)11-7-4-9-5-10-7/h4-6,8H,1-3H2. The number of hydrogen-bond donors (Lipinski definition) is 1. The number of hydrogen-bond acceptors (Lipinski definition) is 4. The average molecular weight is 154 g/mol. The van der Waals surface area contributed by atoms with Crippen molar-refractivity contribution in [3.05, 3.63) is 12.6 Å². The Kier molecular flexibility index (Phi) is 1.77. The molecule has 1 atom stereocenters. The summed E-state index contributed by atoms with van der Waals surface area (Å²) in [5.41, 5.74) is 0. The molecule has 4 heteroatoms. The van der Waals surface area contributed by atoms with Gasteiger partial charge in [-0.05, 0) is 13.0 Å². The van der Waals surface area contributed by atoms with E-state index in [1.165, 1.54) is 6.39 Å². The molecule has 0 amide bonds. The van der Waals surface area contributed by atoms with Crippen LogP contribution in [0, 0.1) is 0 Å². The zero-order valence-corrected chi connectivity index (χ0v) is 6.12. The highest BCUT2D eigenvalue weighted by atomic mass is 16.6. The largest absolute Gasteiger partial charge is 0.459 e. The van der Waals surface area contributed by atoms with E-state index in [9.17, 15) is 0 Å². The van der Waals surface area contributed by atoms with Gasteiger partial charge in [0.2, 0.25) is 0 Å². The lowest BCUT2D eigenvalue weighted by Gasteiger charge is -2.07. The summed E-state index contributed by atoms with van der Waals surface area (Å²) in [5.74, 6) is 0.513. The molecule has 11 heavy (non-hydrogen) atoms. The van der Waals surface area contributed by atoms with Crippen LogP contribution in [-0.2, 0) is 0 Å². The summed E-state index contributed by atoms with van der Waals surface area (Å²) in [6.07, 6.45) is 4.25. The normalized spacial score (nSPS) is 23.8. The molecule has 1 aromatic heterocycles. The van der Waals surface area contributed by atoms with Crippen molar-refractivity contribution < 1.29 is 9.15 Å². The number of rotatable bonds is 2. The molecule has 1 N–H and O–H groups in total. The van der Waals surface area contributed by atoms with Gasteiger partial charge in [-0.15, -0.1) is 0 Å². The van der Waals surface area contributed by atoms with Crippen LogP contribution in [0.1, 0.15) is 6.42 Å². The minimum atomic E-state index is 0.253. The van der Waals surface area contributed by atoms with E-state index in [0.717, 1.165) is 19.5 Å². The summed E-state index contributed by atoms with van der Waals surface area (Å²) in [7, 11) is 0. The highest BCUT2D eigenvalue weighted by Gasteiger charge is 2.16. The Morgan fingerprint density at radius 3 is 3.36 bits per heavy atom. The zero-order chi connectivity index (χ0) is 7.52. The Morgan fingerprint density at radius 1 is 1.73 bits per heavy atom. The predicted octanol–water partition coefficient (Wildman–Crippen LogP) is 0.415. The maximum atomic E-state index is 5.42. The van der Waals surface area contributed by atoms with Crippen LogP contribution in [0.3, 0.4) is 0 Å². The molecule has 1 aliphatic heterocycles. The molecule has 0 aliphatic carbocycles. The lowest BCUT2D eigenvalue weighted by molar-refractivity contribution is 0.172. The van der Waals surface area contributed by atoms with Gasteiger partial charge >= 0.3 is 5.95 Å². The number of nitrogens with zero attached hydrogens (tertiary/aromatic N) is 1.